The number of likely N-dealkylation sites (N-methyl/N-ethyl adjacent to an activating group) is 1. The fourth-order valence-electron chi connectivity index (χ4n) is 2.01. The van der Waals surface area contributed by atoms with E-state index in [0.717, 1.165) is 12.8 Å². The molecule has 1 atom stereocenters. The zero-order valence-electron chi connectivity index (χ0n) is 12.2. The molecule has 5 heteroatoms. The lowest BCUT2D eigenvalue weighted by atomic mass is 10.1. The van der Waals surface area contributed by atoms with Crippen molar-refractivity contribution in [3.8, 4) is 0 Å². The highest BCUT2D eigenvalue weighted by Crippen LogP contribution is 2.12. The lowest BCUT2D eigenvalue weighted by Gasteiger charge is -2.24. The minimum Gasteiger partial charge on any atom is -0.480 e. The molecule has 0 fully saturated rings. The minimum atomic E-state index is -0.997. The maximum Gasteiger partial charge on any atom is 0.326 e. The number of hydrogen-bond acceptors (Lipinski definition) is 2. The molecule has 0 aliphatic rings. The van der Waals surface area contributed by atoms with Gasteiger partial charge in [0.15, 0.2) is 0 Å². The second kappa shape index (κ2) is 7.53. The van der Waals surface area contributed by atoms with Crippen LogP contribution in [0.1, 0.15) is 32.3 Å². The van der Waals surface area contributed by atoms with E-state index >= 15 is 0 Å². The van der Waals surface area contributed by atoms with E-state index in [4.69, 9.17) is 5.11 Å². The van der Waals surface area contributed by atoms with E-state index in [1.54, 1.807) is 6.92 Å². The lowest BCUT2D eigenvalue weighted by molar-refractivity contribution is -0.141. The van der Waals surface area contributed by atoms with Gasteiger partial charge in [-0.3, -0.25) is 0 Å². The van der Waals surface area contributed by atoms with Gasteiger partial charge in [0.1, 0.15) is 6.04 Å². The molecule has 0 saturated carbocycles. The number of aryl methyl sites for hydroxylation is 1. The molecule has 0 radical (unpaired) electrons. The van der Waals surface area contributed by atoms with Crippen LogP contribution in [0.15, 0.2) is 24.3 Å². The number of nitrogens with one attached hydrogen (secondary N) is 1. The lowest BCUT2D eigenvalue weighted by Crippen LogP contribution is -2.44. The zero-order valence-corrected chi connectivity index (χ0v) is 12.2. The summed E-state index contributed by atoms with van der Waals surface area (Å²) < 4.78 is 0. The summed E-state index contributed by atoms with van der Waals surface area (Å²) in [5.41, 5.74) is 1.89. The SMILES string of the molecule is CCCc1ccc(NC(=O)N(C)C(CC)C(=O)O)cc1. The molecule has 0 spiro atoms. The van der Waals surface area contributed by atoms with Gasteiger partial charge in [-0.1, -0.05) is 32.4 Å². The second-order valence-corrected chi connectivity index (χ2v) is 4.75. The minimum absolute atomic E-state index is 0.370. The van der Waals surface area contributed by atoms with Crippen LogP contribution in [0, 0.1) is 0 Å². The highest BCUT2D eigenvalue weighted by molar-refractivity contribution is 5.92. The molecule has 20 heavy (non-hydrogen) atoms. The molecule has 0 saturated heterocycles. The van der Waals surface area contributed by atoms with E-state index in [0.29, 0.717) is 12.1 Å². The highest BCUT2D eigenvalue weighted by atomic mass is 16.4. The smallest absolute Gasteiger partial charge is 0.326 e. The fourth-order valence-corrected chi connectivity index (χ4v) is 2.01. The van der Waals surface area contributed by atoms with Crippen LogP contribution in [0.5, 0.6) is 0 Å². The van der Waals surface area contributed by atoms with Crippen molar-refractivity contribution in [3.05, 3.63) is 29.8 Å². The van der Waals surface area contributed by atoms with Gasteiger partial charge in [-0.2, -0.15) is 0 Å². The van der Waals surface area contributed by atoms with Crippen LogP contribution in [-0.4, -0.2) is 35.1 Å². The van der Waals surface area contributed by atoms with Gasteiger partial charge < -0.3 is 15.3 Å². The van der Waals surface area contributed by atoms with E-state index in [2.05, 4.69) is 12.2 Å². The number of carbonyl (C=O) groups excluding carboxylic acids is 1. The summed E-state index contributed by atoms with van der Waals surface area (Å²) in [5.74, 6) is -0.997. The molecule has 0 aliphatic heterocycles. The van der Waals surface area contributed by atoms with E-state index in [9.17, 15) is 9.59 Å². The van der Waals surface area contributed by atoms with Crippen LogP contribution in [0.2, 0.25) is 0 Å². The van der Waals surface area contributed by atoms with Crippen LogP contribution in [0.25, 0.3) is 0 Å². The number of anilines is 1. The Morgan fingerprint density at radius 3 is 2.30 bits per heavy atom. The number of rotatable bonds is 6. The topological polar surface area (TPSA) is 69.6 Å². The summed E-state index contributed by atoms with van der Waals surface area (Å²) in [6, 6.07) is 6.37. The Bertz CT molecular complexity index is 457. The Balaban J connectivity index is 2.67. The van der Waals surface area contributed by atoms with Crippen molar-refractivity contribution in [2.75, 3.05) is 12.4 Å². The summed E-state index contributed by atoms with van der Waals surface area (Å²) in [6.45, 7) is 3.85. The van der Waals surface area contributed by atoms with E-state index < -0.39 is 18.0 Å². The number of benzene rings is 1. The Hall–Kier alpha value is -2.04. The molecule has 5 nitrogen and oxygen atoms in total. The van der Waals surface area contributed by atoms with Crippen LogP contribution >= 0.6 is 0 Å². The predicted octanol–water partition coefficient (Wildman–Crippen LogP) is 2.97. The fraction of sp³-hybridized carbons (Fsp3) is 0.467. The molecule has 1 unspecified atom stereocenters. The first-order valence-electron chi connectivity index (χ1n) is 6.85. The molecule has 1 aromatic carbocycles. The Morgan fingerprint density at radius 2 is 1.85 bits per heavy atom. The van der Waals surface area contributed by atoms with Crippen molar-refractivity contribution in [2.24, 2.45) is 0 Å². The van der Waals surface area contributed by atoms with Gasteiger partial charge in [-0.25, -0.2) is 9.59 Å². The van der Waals surface area contributed by atoms with E-state index in [-0.39, 0.29) is 0 Å². The third-order valence-electron chi connectivity index (χ3n) is 3.20. The average molecular weight is 278 g/mol. The standard InChI is InChI=1S/C15H22N2O3/c1-4-6-11-7-9-12(10-8-11)16-15(20)17(3)13(5-2)14(18)19/h7-10,13H,4-6H2,1-3H3,(H,16,20)(H,18,19). The molecule has 0 heterocycles. The normalized spacial score (nSPS) is 11.8. The molecule has 110 valence electrons. The third kappa shape index (κ3) is 4.26. The summed E-state index contributed by atoms with van der Waals surface area (Å²) in [5, 5.41) is 11.7. The monoisotopic (exact) mass is 278 g/mol. The number of hydrogen-bond donors (Lipinski definition) is 2. The predicted molar refractivity (Wildman–Crippen MR) is 78.9 cm³/mol. The molecule has 1 aromatic rings. The van der Waals surface area contributed by atoms with Crippen molar-refractivity contribution in [3.63, 3.8) is 0 Å². The van der Waals surface area contributed by atoms with Crippen LogP contribution in [0.3, 0.4) is 0 Å². The quantitative estimate of drug-likeness (QED) is 0.840. The molecule has 0 aliphatic carbocycles. The maximum atomic E-state index is 12.0. The van der Waals surface area contributed by atoms with Gasteiger partial charge in [-0.05, 0) is 30.5 Å². The number of nitrogens with zero attached hydrogens (tertiary/aromatic N) is 1. The van der Waals surface area contributed by atoms with Gasteiger partial charge >= 0.3 is 12.0 Å². The third-order valence-corrected chi connectivity index (χ3v) is 3.20. The van der Waals surface area contributed by atoms with Crippen molar-refractivity contribution in [1.29, 1.82) is 0 Å². The van der Waals surface area contributed by atoms with Crippen molar-refractivity contribution < 1.29 is 14.7 Å². The average Bonchev–Trinajstić information content (AvgIpc) is 2.41. The molecule has 1 rings (SSSR count). The van der Waals surface area contributed by atoms with Crippen LogP contribution in [0.4, 0.5) is 10.5 Å². The van der Waals surface area contributed by atoms with Crippen LogP contribution in [-0.2, 0) is 11.2 Å². The number of aliphatic carboxylic acids is 1. The molecular formula is C15H22N2O3. The number of carboxylic acid groups (broad SMARTS) is 1. The first-order valence-corrected chi connectivity index (χ1v) is 6.85. The van der Waals surface area contributed by atoms with Crippen molar-refractivity contribution in [2.45, 2.75) is 39.2 Å². The number of urea groups is 1. The molecule has 0 bridgehead atoms. The van der Waals surface area contributed by atoms with E-state index in [1.165, 1.54) is 17.5 Å². The first kappa shape index (κ1) is 16.0. The van der Waals surface area contributed by atoms with Gasteiger partial charge in [0.2, 0.25) is 0 Å². The molecule has 2 N–H and O–H groups in total. The maximum absolute atomic E-state index is 12.0. The largest absolute Gasteiger partial charge is 0.480 e. The Morgan fingerprint density at radius 1 is 1.25 bits per heavy atom. The summed E-state index contributed by atoms with van der Waals surface area (Å²) in [7, 11) is 1.49. The molecule has 0 aromatic heterocycles. The van der Waals surface area contributed by atoms with Gasteiger partial charge in [0.25, 0.3) is 0 Å². The molecular weight excluding hydrogens is 256 g/mol. The Labute approximate surface area is 119 Å². The molecule has 2 amide bonds. The number of carboxylic acids is 1. The second-order valence-electron chi connectivity index (χ2n) is 4.75. The van der Waals surface area contributed by atoms with Gasteiger partial charge in [0, 0.05) is 12.7 Å². The van der Waals surface area contributed by atoms with Gasteiger partial charge in [-0.15, -0.1) is 0 Å². The highest BCUT2D eigenvalue weighted by Gasteiger charge is 2.24. The first-order chi connectivity index (χ1) is 9.49. The number of amides is 2. The van der Waals surface area contributed by atoms with Crippen molar-refractivity contribution in [1.82, 2.24) is 4.90 Å². The zero-order chi connectivity index (χ0) is 15.1. The summed E-state index contributed by atoms with van der Waals surface area (Å²) in [4.78, 5) is 24.2. The van der Waals surface area contributed by atoms with Crippen molar-refractivity contribution >= 4 is 17.7 Å². The van der Waals surface area contributed by atoms with E-state index in [1.807, 2.05) is 24.3 Å². The Kier molecular flexibility index (Phi) is 6.03. The summed E-state index contributed by atoms with van der Waals surface area (Å²) in [6.07, 6.45) is 2.45. The van der Waals surface area contributed by atoms with Gasteiger partial charge in [0.05, 0.1) is 0 Å². The summed E-state index contributed by atoms with van der Waals surface area (Å²) >= 11 is 0. The number of carbonyl (C=O) groups is 2. The van der Waals surface area contributed by atoms with Crippen LogP contribution < -0.4 is 5.32 Å².